The number of anilines is 1. The molecular formula is C22H24N6. The molecule has 0 aliphatic carbocycles. The van der Waals surface area contributed by atoms with Crippen LogP contribution in [0.25, 0.3) is 22.9 Å². The summed E-state index contributed by atoms with van der Waals surface area (Å²) in [6, 6.07) is 18.6. The number of nitrogens with zero attached hydrogens (tertiary/aromatic N) is 6. The molecule has 0 aliphatic rings. The zero-order valence-corrected chi connectivity index (χ0v) is 16.7. The minimum atomic E-state index is 0.633. The van der Waals surface area contributed by atoms with Gasteiger partial charge in [0.1, 0.15) is 5.69 Å². The summed E-state index contributed by atoms with van der Waals surface area (Å²) in [5, 5.41) is 9.16. The Morgan fingerprint density at radius 3 is 2.39 bits per heavy atom. The molecule has 4 rings (SSSR count). The molecule has 142 valence electrons. The van der Waals surface area contributed by atoms with Gasteiger partial charge in [-0.05, 0) is 24.6 Å². The minimum Gasteiger partial charge on any atom is -0.377 e. The Bertz CT molecular complexity index is 1090. The summed E-state index contributed by atoms with van der Waals surface area (Å²) in [7, 11) is 6.04. The van der Waals surface area contributed by atoms with E-state index < -0.39 is 0 Å². The number of hydrogen-bond donors (Lipinski definition) is 0. The van der Waals surface area contributed by atoms with Gasteiger partial charge in [0, 0.05) is 38.6 Å². The number of para-hydroxylation sites is 1. The predicted octanol–water partition coefficient (Wildman–Crippen LogP) is 3.77. The van der Waals surface area contributed by atoms with Crippen LogP contribution in [-0.4, -0.2) is 38.6 Å². The third kappa shape index (κ3) is 3.41. The Morgan fingerprint density at radius 2 is 1.71 bits per heavy atom. The van der Waals surface area contributed by atoms with Gasteiger partial charge in [0.25, 0.3) is 0 Å². The minimum absolute atomic E-state index is 0.633. The molecule has 0 saturated heterocycles. The maximum absolute atomic E-state index is 4.86. The van der Waals surface area contributed by atoms with Gasteiger partial charge in [0.2, 0.25) is 0 Å². The fourth-order valence-electron chi connectivity index (χ4n) is 3.30. The molecule has 6 nitrogen and oxygen atoms in total. The lowest BCUT2D eigenvalue weighted by molar-refractivity contribution is 0.681. The Morgan fingerprint density at radius 1 is 0.964 bits per heavy atom. The number of benzene rings is 2. The summed E-state index contributed by atoms with van der Waals surface area (Å²) in [4.78, 5) is 6.98. The number of hydrogen-bond acceptors (Lipinski definition) is 4. The van der Waals surface area contributed by atoms with Gasteiger partial charge in [0.15, 0.2) is 11.6 Å². The van der Waals surface area contributed by atoms with Crippen LogP contribution in [-0.2, 0) is 13.6 Å². The standard InChI is InChI=1S/C22H24N6/c1-16-9-11-17(12-10-16)21-24-22(20-13-14-23-27(20)4)28(25-21)15-18-7-5-6-8-19(18)26(2)3/h5-14H,15H2,1-4H3. The van der Waals surface area contributed by atoms with E-state index in [1.165, 1.54) is 16.8 Å². The molecule has 0 amide bonds. The van der Waals surface area contributed by atoms with Crippen molar-refractivity contribution in [1.82, 2.24) is 24.5 Å². The van der Waals surface area contributed by atoms with Crippen LogP contribution in [0.4, 0.5) is 5.69 Å². The third-order valence-corrected chi connectivity index (χ3v) is 4.83. The highest BCUT2D eigenvalue weighted by Gasteiger charge is 2.17. The monoisotopic (exact) mass is 372 g/mol. The zero-order chi connectivity index (χ0) is 19.7. The maximum atomic E-state index is 4.86. The van der Waals surface area contributed by atoms with E-state index in [0.717, 1.165) is 22.9 Å². The van der Waals surface area contributed by atoms with E-state index in [2.05, 4.69) is 79.5 Å². The molecule has 0 bridgehead atoms. The van der Waals surface area contributed by atoms with E-state index in [9.17, 15) is 0 Å². The van der Waals surface area contributed by atoms with Gasteiger partial charge < -0.3 is 4.90 Å². The van der Waals surface area contributed by atoms with Gasteiger partial charge in [-0.3, -0.25) is 4.68 Å². The average Bonchev–Trinajstić information content (AvgIpc) is 3.28. The SMILES string of the molecule is Cc1ccc(-c2nc(-c3ccnn3C)n(Cc3ccccc3N(C)C)n2)cc1. The van der Waals surface area contributed by atoms with E-state index in [1.807, 2.05) is 22.5 Å². The summed E-state index contributed by atoms with van der Waals surface area (Å²) in [5.41, 5.74) is 5.53. The van der Waals surface area contributed by atoms with Crippen LogP contribution in [0.15, 0.2) is 60.8 Å². The van der Waals surface area contributed by atoms with Crippen LogP contribution >= 0.6 is 0 Å². The Hall–Kier alpha value is -3.41. The van der Waals surface area contributed by atoms with Crippen LogP contribution in [0.5, 0.6) is 0 Å². The van der Waals surface area contributed by atoms with Gasteiger partial charge >= 0.3 is 0 Å². The number of aromatic nitrogens is 5. The maximum Gasteiger partial charge on any atom is 0.181 e. The smallest absolute Gasteiger partial charge is 0.181 e. The molecule has 0 unspecified atom stereocenters. The molecular weight excluding hydrogens is 348 g/mol. The largest absolute Gasteiger partial charge is 0.377 e. The first-order chi connectivity index (χ1) is 13.5. The molecule has 0 saturated carbocycles. The fraction of sp³-hybridized carbons (Fsp3) is 0.227. The van der Waals surface area contributed by atoms with Crippen LogP contribution < -0.4 is 4.90 Å². The number of rotatable bonds is 5. The molecule has 2 aromatic carbocycles. The molecule has 4 aromatic rings. The van der Waals surface area contributed by atoms with Crippen molar-refractivity contribution in [3.05, 3.63) is 71.9 Å². The van der Waals surface area contributed by atoms with Crippen molar-refractivity contribution in [2.24, 2.45) is 7.05 Å². The highest BCUT2D eigenvalue weighted by Crippen LogP contribution is 2.25. The number of aryl methyl sites for hydroxylation is 2. The van der Waals surface area contributed by atoms with Crippen molar-refractivity contribution >= 4 is 5.69 Å². The lowest BCUT2D eigenvalue weighted by atomic mass is 10.1. The first kappa shape index (κ1) is 18.0. The summed E-state index contributed by atoms with van der Waals surface area (Å²) in [5.74, 6) is 1.53. The van der Waals surface area contributed by atoms with Gasteiger partial charge in [-0.25, -0.2) is 9.67 Å². The van der Waals surface area contributed by atoms with Crippen LogP contribution in [0.1, 0.15) is 11.1 Å². The van der Waals surface area contributed by atoms with Gasteiger partial charge in [-0.15, -0.1) is 0 Å². The van der Waals surface area contributed by atoms with Crippen LogP contribution in [0.3, 0.4) is 0 Å². The van der Waals surface area contributed by atoms with Gasteiger partial charge in [-0.1, -0.05) is 48.0 Å². The van der Waals surface area contributed by atoms with Crippen molar-refractivity contribution in [1.29, 1.82) is 0 Å². The lowest BCUT2D eigenvalue weighted by Gasteiger charge is -2.17. The second kappa shape index (κ2) is 7.31. The van der Waals surface area contributed by atoms with E-state index in [-0.39, 0.29) is 0 Å². The average molecular weight is 372 g/mol. The van der Waals surface area contributed by atoms with Crippen LogP contribution in [0.2, 0.25) is 0 Å². The van der Waals surface area contributed by atoms with E-state index in [1.54, 1.807) is 6.20 Å². The quantitative estimate of drug-likeness (QED) is 0.535. The molecule has 0 spiro atoms. The summed E-state index contributed by atoms with van der Waals surface area (Å²) in [6.45, 7) is 2.71. The molecule has 0 atom stereocenters. The van der Waals surface area contributed by atoms with Crippen molar-refractivity contribution in [2.75, 3.05) is 19.0 Å². The topological polar surface area (TPSA) is 51.8 Å². The lowest BCUT2D eigenvalue weighted by Crippen LogP contribution is -2.14. The predicted molar refractivity (Wildman–Crippen MR) is 112 cm³/mol. The van der Waals surface area contributed by atoms with Gasteiger partial charge in [0.05, 0.1) is 6.54 Å². The van der Waals surface area contributed by atoms with Crippen molar-refractivity contribution < 1.29 is 0 Å². The first-order valence-corrected chi connectivity index (χ1v) is 9.28. The van der Waals surface area contributed by atoms with Crippen LogP contribution in [0, 0.1) is 6.92 Å². The summed E-state index contributed by atoms with van der Waals surface area (Å²) in [6.07, 6.45) is 1.79. The third-order valence-electron chi connectivity index (χ3n) is 4.83. The van der Waals surface area contributed by atoms with Gasteiger partial charge in [-0.2, -0.15) is 10.2 Å². The Kier molecular flexibility index (Phi) is 4.69. The Balaban J connectivity index is 1.81. The molecule has 6 heteroatoms. The first-order valence-electron chi connectivity index (χ1n) is 9.28. The zero-order valence-electron chi connectivity index (χ0n) is 16.7. The van der Waals surface area contributed by atoms with E-state index >= 15 is 0 Å². The molecule has 2 aromatic heterocycles. The fourth-order valence-corrected chi connectivity index (χ4v) is 3.30. The Labute approximate surface area is 165 Å². The molecule has 0 fully saturated rings. The molecule has 28 heavy (non-hydrogen) atoms. The van der Waals surface area contributed by atoms with E-state index in [4.69, 9.17) is 10.1 Å². The van der Waals surface area contributed by atoms with Crippen molar-refractivity contribution in [3.63, 3.8) is 0 Å². The summed E-state index contributed by atoms with van der Waals surface area (Å²) >= 11 is 0. The van der Waals surface area contributed by atoms with Crippen molar-refractivity contribution in [2.45, 2.75) is 13.5 Å². The second-order valence-corrected chi connectivity index (χ2v) is 7.15. The normalized spacial score (nSPS) is 11.0. The molecule has 0 N–H and O–H groups in total. The highest BCUT2D eigenvalue weighted by molar-refractivity contribution is 5.60. The van der Waals surface area contributed by atoms with E-state index in [0.29, 0.717) is 6.54 Å². The molecule has 0 aliphatic heterocycles. The molecule has 2 heterocycles. The van der Waals surface area contributed by atoms with Crippen molar-refractivity contribution in [3.8, 4) is 22.9 Å². The highest BCUT2D eigenvalue weighted by atomic mass is 15.4. The second-order valence-electron chi connectivity index (χ2n) is 7.15. The summed E-state index contributed by atoms with van der Waals surface area (Å²) < 4.78 is 3.80. The molecule has 0 radical (unpaired) electrons.